The van der Waals surface area contributed by atoms with E-state index in [0.29, 0.717) is 11.5 Å². The Bertz CT molecular complexity index is 173. The van der Waals surface area contributed by atoms with Gasteiger partial charge in [0.15, 0.2) is 0 Å². The molecule has 2 heteroatoms. The SMILES string of the molecule is CC1(C)CN(C2CCC(N)CC2)C1. The van der Waals surface area contributed by atoms with Crippen LogP contribution >= 0.6 is 0 Å². The lowest BCUT2D eigenvalue weighted by Gasteiger charge is -2.51. The molecule has 1 saturated heterocycles. The first-order chi connectivity index (χ1) is 6.07. The Morgan fingerprint density at radius 3 is 2.08 bits per heavy atom. The van der Waals surface area contributed by atoms with Gasteiger partial charge in [-0.25, -0.2) is 0 Å². The summed E-state index contributed by atoms with van der Waals surface area (Å²) in [5, 5.41) is 0. The van der Waals surface area contributed by atoms with Crippen LogP contribution in [-0.4, -0.2) is 30.1 Å². The Kier molecular flexibility index (Phi) is 2.37. The van der Waals surface area contributed by atoms with Crippen LogP contribution < -0.4 is 5.73 Å². The van der Waals surface area contributed by atoms with Crippen molar-refractivity contribution in [3.05, 3.63) is 0 Å². The smallest absolute Gasteiger partial charge is 0.00968 e. The van der Waals surface area contributed by atoms with Crippen molar-refractivity contribution in [1.29, 1.82) is 0 Å². The van der Waals surface area contributed by atoms with Crippen molar-refractivity contribution in [1.82, 2.24) is 4.90 Å². The Morgan fingerprint density at radius 1 is 1.08 bits per heavy atom. The maximum absolute atomic E-state index is 5.89. The van der Waals surface area contributed by atoms with Gasteiger partial charge < -0.3 is 5.73 Å². The molecule has 0 bridgehead atoms. The zero-order valence-electron chi connectivity index (χ0n) is 8.92. The van der Waals surface area contributed by atoms with Gasteiger partial charge in [0.05, 0.1) is 0 Å². The van der Waals surface area contributed by atoms with Gasteiger partial charge >= 0.3 is 0 Å². The van der Waals surface area contributed by atoms with Gasteiger partial charge in [-0.2, -0.15) is 0 Å². The van der Waals surface area contributed by atoms with Crippen LogP contribution in [0.3, 0.4) is 0 Å². The molecule has 0 aromatic carbocycles. The van der Waals surface area contributed by atoms with Gasteiger partial charge in [0.25, 0.3) is 0 Å². The first-order valence-electron chi connectivity index (χ1n) is 5.56. The van der Waals surface area contributed by atoms with Gasteiger partial charge in [-0.15, -0.1) is 0 Å². The molecule has 1 aliphatic heterocycles. The van der Waals surface area contributed by atoms with Crippen LogP contribution in [0.5, 0.6) is 0 Å². The minimum Gasteiger partial charge on any atom is -0.328 e. The highest BCUT2D eigenvalue weighted by Crippen LogP contribution is 2.34. The number of hydrogen-bond donors (Lipinski definition) is 1. The van der Waals surface area contributed by atoms with Crippen LogP contribution in [0.1, 0.15) is 39.5 Å². The van der Waals surface area contributed by atoms with E-state index in [1.807, 2.05) is 0 Å². The summed E-state index contributed by atoms with van der Waals surface area (Å²) in [6.07, 6.45) is 5.14. The summed E-state index contributed by atoms with van der Waals surface area (Å²) >= 11 is 0. The average Bonchev–Trinajstić information content (AvgIpc) is 2.01. The summed E-state index contributed by atoms with van der Waals surface area (Å²) in [5.41, 5.74) is 6.47. The highest BCUT2D eigenvalue weighted by molar-refractivity contribution is 4.93. The van der Waals surface area contributed by atoms with Gasteiger partial charge in [-0.3, -0.25) is 4.90 Å². The average molecular weight is 182 g/mol. The summed E-state index contributed by atoms with van der Waals surface area (Å²) in [6.45, 7) is 7.32. The van der Waals surface area contributed by atoms with E-state index in [2.05, 4.69) is 18.7 Å². The van der Waals surface area contributed by atoms with Crippen LogP contribution in [0, 0.1) is 5.41 Å². The number of nitrogens with zero attached hydrogens (tertiary/aromatic N) is 1. The molecule has 2 nitrogen and oxygen atoms in total. The molecule has 0 radical (unpaired) electrons. The van der Waals surface area contributed by atoms with Crippen molar-refractivity contribution in [2.45, 2.75) is 51.6 Å². The maximum atomic E-state index is 5.89. The van der Waals surface area contributed by atoms with Gasteiger partial charge in [0.1, 0.15) is 0 Å². The number of rotatable bonds is 1. The zero-order valence-corrected chi connectivity index (χ0v) is 8.92. The van der Waals surface area contributed by atoms with E-state index in [-0.39, 0.29) is 0 Å². The lowest BCUT2D eigenvalue weighted by Crippen LogP contribution is -2.58. The van der Waals surface area contributed by atoms with E-state index in [4.69, 9.17) is 5.73 Å². The molecule has 2 rings (SSSR count). The summed E-state index contributed by atoms with van der Waals surface area (Å²) < 4.78 is 0. The van der Waals surface area contributed by atoms with Crippen LogP contribution in [0.2, 0.25) is 0 Å². The molecule has 0 amide bonds. The standard InChI is InChI=1S/C11H22N2/c1-11(2)7-13(8-11)10-5-3-9(12)4-6-10/h9-10H,3-8,12H2,1-2H3. The maximum Gasteiger partial charge on any atom is 0.00968 e. The Balaban J connectivity index is 1.78. The molecule has 2 aliphatic rings. The molecule has 0 aromatic rings. The van der Waals surface area contributed by atoms with Gasteiger partial charge in [-0.05, 0) is 31.1 Å². The first-order valence-corrected chi connectivity index (χ1v) is 5.56. The lowest BCUT2D eigenvalue weighted by molar-refractivity contribution is -0.0189. The molecular formula is C11H22N2. The lowest BCUT2D eigenvalue weighted by atomic mass is 9.80. The fraction of sp³-hybridized carbons (Fsp3) is 1.00. The second-order valence-corrected chi connectivity index (χ2v) is 5.64. The first kappa shape index (κ1) is 9.47. The molecule has 13 heavy (non-hydrogen) atoms. The number of likely N-dealkylation sites (tertiary alicyclic amines) is 1. The molecule has 76 valence electrons. The Morgan fingerprint density at radius 2 is 1.62 bits per heavy atom. The van der Waals surface area contributed by atoms with E-state index in [1.54, 1.807) is 0 Å². The molecule has 0 unspecified atom stereocenters. The number of hydrogen-bond acceptors (Lipinski definition) is 2. The highest BCUT2D eigenvalue weighted by atomic mass is 15.2. The van der Waals surface area contributed by atoms with Gasteiger partial charge in [0.2, 0.25) is 0 Å². The van der Waals surface area contributed by atoms with Crippen LogP contribution in [0.4, 0.5) is 0 Å². The third-order valence-electron chi connectivity index (χ3n) is 3.52. The molecule has 0 aromatic heterocycles. The van der Waals surface area contributed by atoms with Gasteiger partial charge in [0, 0.05) is 25.2 Å². The second-order valence-electron chi connectivity index (χ2n) is 5.64. The fourth-order valence-corrected chi connectivity index (χ4v) is 2.78. The summed E-state index contributed by atoms with van der Waals surface area (Å²) in [4.78, 5) is 2.64. The molecule has 0 spiro atoms. The van der Waals surface area contributed by atoms with Crippen molar-refractivity contribution in [3.63, 3.8) is 0 Å². The van der Waals surface area contributed by atoms with Crippen molar-refractivity contribution in [3.8, 4) is 0 Å². The van der Waals surface area contributed by atoms with Crippen LogP contribution in [0.25, 0.3) is 0 Å². The summed E-state index contributed by atoms with van der Waals surface area (Å²) in [6, 6.07) is 1.35. The van der Waals surface area contributed by atoms with Crippen molar-refractivity contribution in [2.75, 3.05) is 13.1 Å². The minimum atomic E-state index is 0.491. The van der Waals surface area contributed by atoms with E-state index >= 15 is 0 Å². The van der Waals surface area contributed by atoms with Crippen molar-refractivity contribution < 1.29 is 0 Å². The Labute approximate surface area is 81.5 Å². The molecule has 2 fully saturated rings. The highest BCUT2D eigenvalue weighted by Gasteiger charge is 2.38. The van der Waals surface area contributed by atoms with Crippen LogP contribution in [0.15, 0.2) is 0 Å². The van der Waals surface area contributed by atoms with E-state index in [9.17, 15) is 0 Å². The monoisotopic (exact) mass is 182 g/mol. The van der Waals surface area contributed by atoms with Crippen molar-refractivity contribution >= 4 is 0 Å². The van der Waals surface area contributed by atoms with Gasteiger partial charge in [-0.1, -0.05) is 13.8 Å². The molecular weight excluding hydrogens is 160 g/mol. The van der Waals surface area contributed by atoms with E-state index in [0.717, 1.165) is 6.04 Å². The summed E-state index contributed by atoms with van der Waals surface area (Å²) in [7, 11) is 0. The molecule has 0 atom stereocenters. The Hall–Kier alpha value is -0.0800. The predicted octanol–water partition coefficient (Wildman–Crippen LogP) is 1.60. The quantitative estimate of drug-likeness (QED) is 0.667. The van der Waals surface area contributed by atoms with Crippen molar-refractivity contribution in [2.24, 2.45) is 11.1 Å². The zero-order chi connectivity index (χ0) is 9.47. The van der Waals surface area contributed by atoms with Crippen LogP contribution in [-0.2, 0) is 0 Å². The molecule has 1 saturated carbocycles. The molecule has 1 aliphatic carbocycles. The van der Waals surface area contributed by atoms with E-state index < -0.39 is 0 Å². The number of nitrogens with two attached hydrogens (primary N) is 1. The third-order valence-corrected chi connectivity index (χ3v) is 3.52. The fourth-order valence-electron chi connectivity index (χ4n) is 2.78. The second kappa shape index (κ2) is 3.25. The minimum absolute atomic E-state index is 0.491. The van der Waals surface area contributed by atoms with E-state index in [1.165, 1.54) is 38.8 Å². The topological polar surface area (TPSA) is 29.3 Å². The normalized spacial score (nSPS) is 39.9. The molecule has 1 heterocycles. The predicted molar refractivity (Wildman–Crippen MR) is 55.6 cm³/mol. The summed E-state index contributed by atoms with van der Waals surface area (Å²) in [5.74, 6) is 0. The largest absolute Gasteiger partial charge is 0.328 e. The third kappa shape index (κ3) is 2.05. The molecule has 2 N–H and O–H groups in total.